The van der Waals surface area contributed by atoms with Gasteiger partial charge in [-0.2, -0.15) is 0 Å². The average Bonchev–Trinajstić information content (AvgIpc) is 3.11. The lowest BCUT2D eigenvalue weighted by Gasteiger charge is -2.28. The number of carbonyl (C=O) groups is 2. The summed E-state index contributed by atoms with van der Waals surface area (Å²) in [6.07, 6.45) is 2.07. The fourth-order valence-electron chi connectivity index (χ4n) is 3.64. The van der Waals surface area contributed by atoms with E-state index in [2.05, 4.69) is 26.1 Å². The van der Waals surface area contributed by atoms with Crippen molar-refractivity contribution in [2.45, 2.75) is 58.0 Å². The van der Waals surface area contributed by atoms with Crippen molar-refractivity contribution in [1.29, 1.82) is 0 Å². The third kappa shape index (κ3) is 5.98. The highest BCUT2D eigenvalue weighted by atomic mass is 32.2. The van der Waals surface area contributed by atoms with Gasteiger partial charge >= 0.3 is 0 Å². The lowest BCUT2D eigenvalue weighted by molar-refractivity contribution is -0.896. The zero-order chi connectivity index (χ0) is 19.8. The van der Waals surface area contributed by atoms with Gasteiger partial charge in [0.1, 0.15) is 11.4 Å². The molecule has 5 nitrogen and oxygen atoms in total. The van der Waals surface area contributed by atoms with E-state index in [1.807, 2.05) is 30.3 Å². The van der Waals surface area contributed by atoms with E-state index in [1.54, 1.807) is 28.5 Å². The molecule has 1 heterocycles. The summed E-state index contributed by atoms with van der Waals surface area (Å²) in [7, 11) is 0. The molecule has 0 spiro atoms. The Balaban J connectivity index is 1.92. The highest BCUT2D eigenvalue weighted by Crippen LogP contribution is 2.41. The van der Waals surface area contributed by atoms with Gasteiger partial charge in [0.05, 0.1) is 19.6 Å². The molecule has 27 heavy (non-hydrogen) atoms. The number of hydrogen-bond donors (Lipinski definition) is 2. The van der Waals surface area contributed by atoms with Crippen LogP contribution in [0.4, 0.5) is 0 Å². The Kier molecular flexibility index (Phi) is 8.64. The second-order valence-corrected chi connectivity index (χ2v) is 8.41. The van der Waals surface area contributed by atoms with Crippen LogP contribution >= 0.6 is 11.8 Å². The normalized spacial score (nSPS) is 20.7. The molecule has 0 bridgehead atoms. The van der Waals surface area contributed by atoms with E-state index in [0.717, 1.165) is 38.0 Å². The fourth-order valence-corrected chi connectivity index (χ4v) is 5.12. The zero-order valence-corrected chi connectivity index (χ0v) is 17.8. The van der Waals surface area contributed by atoms with Crippen LogP contribution < -0.4 is 10.2 Å². The second kappa shape index (κ2) is 10.7. The van der Waals surface area contributed by atoms with Crippen molar-refractivity contribution in [2.24, 2.45) is 0 Å². The largest absolute Gasteiger partial charge is 0.352 e. The van der Waals surface area contributed by atoms with E-state index in [4.69, 9.17) is 0 Å². The lowest BCUT2D eigenvalue weighted by atomic mass is 10.1. The number of benzene rings is 1. The minimum absolute atomic E-state index is 0.0289. The van der Waals surface area contributed by atoms with E-state index in [-0.39, 0.29) is 23.2 Å². The van der Waals surface area contributed by atoms with E-state index < -0.39 is 6.04 Å². The molecule has 150 valence electrons. The summed E-state index contributed by atoms with van der Waals surface area (Å²) in [4.78, 5) is 28.4. The van der Waals surface area contributed by atoms with Crippen molar-refractivity contribution in [3.63, 3.8) is 0 Å². The molecule has 2 N–H and O–H groups in total. The number of quaternary nitrogens is 1. The molecule has 1 saturated heterocycles. The maximum Gasteiger partial charge on any atom is 0.243 e. The number of amides is 2. The molecular weight excluding hydrogens is 358 g/mol. The molecule has 0 radical (unpaired) electrons. The van der Waals surface area contributed by atoms with Crippen LogP contribution in [-0.2, 0) is 9.59 Å². The minimum atomic E-state index is -0.395. The number of nitrogens with zero attached hydrogens (tertiary/aromatic N) is 1. The van der Waals surface area contributed by atoms with Gasteiger partial charge in [0, 0.05) is 18.7 Å². The van der Waals surface area contributed by atoms with Crippen LogP contribution in [0.25, 0.3) is 0 Å². The Hall–Kier alpha value is -1.53. The molecule has 1 aliphatic rings. The monoisotopic (exact) mass is 392 g/mol. The van der Waals surface area contributed by atoms with Crippen LogP contribution in [0.2, 0.25) is 0 Å². The molecule has 2 rings (SSSR count). The second-order valence-electron chi connectivity index (χ2n) is 7.30. The third-order valence-electron chi connectivity index (χ3n) is 5.31. The average molecular weight is 393 g/mol. The molecule has 1 aliphatic heterocycles. The fraction of sp³-hybridized carbons (Fsp3) is 0.619. The van der Waals surface area contributed by atoms with Crippen molar-refractivity contribution in [1.82, 2.24) is 10.2 Å². The first kappa shape index (κ1) is 21.8. The van der Waals surface area contributed by atoms with Gasteiger partial charge in [-0.3, -0.25) is 9.59 Å². The summed E-state index contributed by atoms with van der Waals surface area (Å²) in [5.41, 5.74) is 1.07. The first-order chi connectivity index (χ1) is 13.0. The molecule has 1 aromatic rings. The van der Waals surface area contributed by atoms with Gasteiger partial charge in [0.2, 0.25) is 11.8 Å². The molecule has 1 fully saturated rings. The van der Waals surface area contributed by atoms with E-state index in [1.165, 1.54) is 0 Å². The minimum Gasteiger partial charge on any atom is -0.352 e. The van der Waals surface area contributed by atoms with Crippen molar-refractivity contribution >= 4 is 23.6 Å². The molecule has 1 aromatic carbocycles. The van der Waals surface area contributed by atoms with Gasteiger partial charge in [-0.05, 0) is 39.2 Å². The predicted molar refractivity (Wildman–Crippen MR) is 112 cm³/mol. The SMILES string of the molecule is CC[NH+](CC)CCC[C@H](C)NC(=O)[C@H]1CS[C@H](c2ccccc2)N1C(C)=O. The predicted octanol–water partition coefficient (Wildman–Crippen LogP) is 1.86. The Morgan fingerprint density at radius 1 is 1.26 bits per heavy atom. The molecule has 0 unspecified atom stereocenters. The Labute approximate surface area is 167 Å². The van der Waals surface area contributed by atoms with Crippen LogP contribution in [0.15, 0.2) is 30.3 Å². The van der Waals surface area contributed by atoms with Crippen molar-refractivity contribution in [3.05, 3.63) is 35.9 Å². The van der Waals surface area contributed by atoms with Crippen LogP contribution in [0.1, 0.15) is 51.5 Å². The maximum atomic E-state index is 12.8. The lowest BCUT2D eigenvalue weighted by Crippen LogP contribution is -3.11. The highest BCUT2D eigenvalue weighted by molar-refractivity contribution is 7.99. The Morgan fingerprint density at radius 2 is 1.93 bits per heavy atom. The van der Waals surface area contributed by atoms with E-state index in [0.29, 0.717) is 5.75 Å². The molecular formula is C21H34N3O2S+. The van der Waals surface area contributed by atoms with Crippen molar-refractivity contribution in [3.8, 4) is 0 Å². The summed E-state index contributed by atoms with van der Waals surface area (Å²) in [5, 5.41) is 3.05. The first-order valence-corrected chi connectivity index (χ1v) is 11.1. The Bertz CT molecular complexity index is 607. The highest BCUT2D eigenvalue weighted by Gasteiger charge is 2.41. The van der Waals surface area contributed by atoms with Gasteiger partial charge in [-0.1, -0.05) is 30.3 Å². The van der Waals surface area contributed by atoms with Crippen LogP contribution in [0, 0.1) is 0 Å². The quantitative estimate of drug-likeness (QED) is 0.674. The van der Waals surface area contributed by atoms with Gasteiger partial charge in [0.15, 0.2) is 0 Å². The molecule has 0 aromatic heterocycles. The maximum absolute atomic E-state index is 12.8. The van der Waals surface area contributed by atoms with Crippen molar-refractivity contribution < 1.29 is 14.5 Å². The summed E-state index contributed by atoms with van der Waals surface area (Å²) in [6.45, 7) is 11.5. The van der Waals surface area contributed by atoms with Gasteiger partial charge < -0.3 is 15.1 Å². The smallest absolute Gasteiger partial charge is 0.243 e. The molecule has 0 aliphatic carbocycles. The van der Waals surface area contributed by atoms with E-state index >= 15 is 0 Å². The van der Waals surface area contributed by atoms with Gasteiger partial charge in [-0.25, -0.2) is 0 Å². The van der Waals surface area contributed by atoms with Crippen molar-refractivity contribution in [2.75, 3.05) is 25.4 Å². The molecule has 2 amide bonds. The number of carbonyl (C=O) groups excluding carboxylic acids is 2. The summed E-state index contributed by atoms with van der Waals surface area (Å²) in [5.74, 6) is 0.562. The third-order valence-corrected chi connectivity index (χ3v) is 6.63. The number of rotatable bonds is 9. The summed E-state index contributed by atoms with van der Waals surface area (Å²) in [6, 6.07) is 9.68. The van der Waals surface area contributed by atoms with Crippen LogP contribution in [0.3, 0.4) is 0 Å². The summed E-state index contributed by atoms with van der Waals surface area (Å²) >= 11 is 1.66. The standard InChI is InChI=1S/C21H33N3O2S/c1-5-23(6-2)14-10-11-16(3)22-20(26)19-15-27-21(24(19)17(4)25)18-12-8-7-9-13-18/h7-9,12-13,16,19,21H,5-6,10-11,14-15H2,1-4H3,(H,22,26)/p+1/t16-,19+,21+/m0/s1. The molecule has 0 saturated carbocycles. The van der Waals surface area contributed by atoms with Crippen LogP contribution in [-0.4, -0.2) is 54.2 Å². The first-order valence-electron chi connectivity index (χ1n) is 10.1. The topological polar surface area (TPSA) is 53.9 Å². The molecule has 6 heteroatoms. The van der Waals surface area contributed by atoms with Crippen LogP contribution in [0.5, 0.6) is 0 Å². The zero-order valence-electron chi connectivity index (χ0n) is 17.0. The molecule has 3 atom stereocenters. The summed E-state index contributed by atoms with van der Waals surface area (Å²) < 4.78 is 0. The number of hydrogen-bond acceptors (Lipinski definition) is 3. The number of nitrogens with one attached hydrogen (secondary N) is 2. The van der Waals surface area contributed by atoms with Gasteiger partial charge in [-0.15, -0.1) is 11.8 Å². The Morgan fingerprint density at radius 3 is 2.52 bits per heavy atom. The van der Waals surface area contributed by atoms with Gasteiger partial charge in [0.25, 0.3) is 0 Å². The van der Waals surface area contributed by atoms with E-state index in [9.17, 15) is 9.59 Å². The number of thioether (sulfide) groups is 1.